The number of nitrogens with one attached hydrogen (secondary N) is 1. The molecule has 0 aromatic carbocycles. The fraction of sp³-hybridized carbons (Fsp3) is 0.867. The fourth-order valence-electron chi connectivity index (χ4n) is 3.18. The van der Waals surface area contributed by atoms with Crippen molar-refractivity contribution in [3.63, 3.8) is 0 Å². The SMILES string of the molecule is CCC1CN(CC2CC=CCC2)C(CC)CN1. The third-order valence-corrected chi connectivity index (χ3v) is 4.45. The minimum Gasteiger partial charge on any atom is -0.311 e. The van der Waals surface area contributed by atoms with Gasteiger partial charge in [0.2, 0.25) is 0 Å². The molecule has 2 aliphatic rings. The van der Waals surface area contributed by atoms with Gasteiger partial charge in [0.25, 0.3) is 0 Å². The summed E-state index contributed by atoms with van der Waals surface area (Å²) in [7, 11) is 0. The molecule has 2 nitrogen and oxygen atoms in total. The predicted molar refractivity (Wildman–Crippen MR) is 74.2 cm³/mol. The van der Waals surface area contributed by atoms with E-state index in [9.17, 15) is 0 Å². The first-order valence-corrected chi connectivity index (χ1v) is 7.45. The van der Waals surface area contributed by atoms with Gasteiger partial charge in [-0.25, -0.2) is 0 Å². The van der Waals surface area contributed by atoms with Crippen molar-refractivity contribution >= 4 is 0 Å². The monoisotopic (exact) mass is 236 g/mol. The fourth-order valence-corrected chi connectivity index (χ4v) is 3.18. The summed E-state index contributed by atoms with van der Waals surface area (Å²) < 4.78 is 0. The predicted octanol–water partition coefficient (Wildman–Crippen LogP) is 2.81. The summed E-state index contributed by atoms with van der Waals surface area (Å²) >= 11 is 0. The van der Waals surface area contributed by atoms with E-state index in [0.29, 0.717) is 0 Å². The Hall–Kier alpha value is -0.340. The molecule has 1 heterocycles. The molecule has 1 saturated heterocycles. The second-order valence-corrected chi connectivity index (χ2v) is 5.68. The highest BCUT2D eigenvalue weighted by Crippen LogP contribution is 2.22. The number of nitrogens with zero attached hydrogens (tertiary/aromatic N) is 1. The second-order valence-electron chi connectivity index (χ2n) is 5.68. The molecular formula is C15H28N2. The Labute approximate surface area is 106 Å². The van der Waals surface area contributed by atoms with Crippen LogP contribution in [0, 0.1) is 5.92 Å². The number of rotatable bonds is 4. The third-order valence-electron chi connectivity index (χ3n) is 4.45. The summed E-state index contributed by atoms with van der Waals surface area (Å²) in [5, 5.41) is 3.68. The van der Waals surface area contributed by atoms with Crippen LogP contribution in [0.25, 0.3) is 0 Å². The average Bonchev–Trinajstić information content (AvgIpc) is 2.40. The van der Waals surface area contributed by atoms with Crippen LogP contribution in [0.4, 0.5) is 0 Å². The van der Waals surface area contributed by atoms with Crippen LogP contribution in [0.5, 0.6) is 0 Å². The quantitative estimate of drug-likeness (QED) is 0.755. The largest absolute Gasteiger partial charge is 0.311 e. The highest BCUT2D eigenvalue weighted by atomic mass is 15.2. The van der Waals surface area contributed by atoms with Crippen molar-refractivity contribution in [2.75, 3.05) is 19.6 Å². The lowest BCUT2D eigenvalue weighted by Gasteiger charge is -2.41. The van der Waals surface area contributed by atoms with E-state index in [-0.39, 0.29) is 0 Å². The minimum absolute atomic E-state index is 0.719. The maximum atomic E-state index is 3.68. The van der Waals surface area contributed by atoms with Crippen molar-refractivity contribution < 1.29 is 0 Å². The summed E-state index contributed by atoms with van der Waals surface area (Å²) in [6.07, 6.45) is 11.3. The van der Waals surface area contributed by atoms with Gasteiger partial charge in [-0.05, 0) is 38.0 Å². The lowest BCUT2D eigenvalue weighted by molar-refractivity contribution is 0.103. The van der Waals surface area contributed by atoms with Gasteiger partial charge >= 0.3 is 0 Å². The lowest BCUT2D eigenvalue weighted by atomic mass is 9.92. The summed E-state index contributed by atoms with van der Waals surface area (Å²) in [4.78, 5) is 2.76. The zero-order valence-electron chi connectivity index (χ0n) is 11.5. The molecule has 3 atom stereocenters. The maximum Gasteiger partial charge on any atom is 0.0218 e. The van der Waals surface area contributed by atoms with E-state index >= 15 is 0 Å². The molecule has 1 aliphatic heterocycles. The molecule has 1 fully saturated rings. The van der Waals surface area contributed by atoms with Gasteiger partial charge in [-0.2, -0.15) is 0 Å². The Bertz CT molecular complexity index is 249. The Morgan fingerprint density at radius 1 is 1.24 bits per heavy atom. The van der Waals surface area contributed by atoms with E-state index in [1.165, 1.54) is 51.7 Å². The average molecular weight is 236 g/mol. The van der Waals surface area contributed by atoms with E-state index in [0.717, 1.165) is 18.0 Å². The first-order valence-electron chi connectivity index (χ1n) is 7.45. The van der Waals surface area contributed by atoms with Crippen molar-refractivity contribution in [3.8, 4) is 0 Å². The summed E-state index contributed by atoms with van der Waals surface area (Å²) in [6.45, 7) is 8.39. The van der Waals surface area contributed by atoms with Crippen LogP contribution in [-0.4, -0.2) is 36.6 Å². The van der Waals surface area contributed by atoms with Gasteiger partial charge < -0.3 is 5.32 Å². The van der Waals surface area contributed by atoms with Crippen molar-refractivity contribution in [2.24, 2.45) is 5.92 Å². The molecule has 3 unspecified atom stereocenters. The van der Waals surface area contributed by atoms with Gasteiger partial charge in [0, 0.05) is 31.7 Å². The van der Waals surface area contributed by atoms with Gasteiger partial charge in [0.05, 0.1) is 0 Å². The highest BCUT2D eigenvalue weighted by molar-refractivity contribution is 4.93. The van der Waals surface area contributed by atoms with Crippen molar-refractivity contribution in [2.45, 2.75) is 58.0 Å². The van der Waals surface area contributed by atoms with Gasteiger partial charge in [0.1, 0.15) is 0 Å². The number of hydrogen-bond donors (Lipinski definition) is 1. The Morgan fingerprint density at radius 2 is 2.12 bits per heavy atom. The summed E-state index contributed by atoms with van der Waals surface area (Å²) in [5.41, 5.74) is 0. The van der Waals surface area contributed by atoms with Crippen LogP contribution < -0.4 is 5.32 Å². The smallest absolute Gasteiger partial charge is 0.0218 e. The van der Waals surface area contributed by atoms with Crippen LogP contribution in [0.15, 0.2) is 12.2 Å². The van der Waals surface area contributed by atoms with Crippen molar-refractivity contribution in [1.29, 1.82) is 0 Å². The molecular weight excluding hydrogens is 208 g/mol. The molecule has 0 spiro atoms. The molecule has 2 rings (SSSR count). The lowest BCUT2D eigenvalue weighted by Crippen LogP contribution is -2.57. The second kappa shape index (κ2) is 6.55. The number of piperazine rings is 1. The minimum atomic E-state index is 0.719. The van der Waals surface area contributed by atoms with Crippen LogP contribution >= 0.6 is 0 Å². The molecule has 2 heteroatoms. The molecule has 0 aromatic heterocycles. The Balaban J connectivity index is 1.88. The molecule has 1 aliphatic carbocycles. The topological polar surface area (TPSA) is 15.3 Å². The molecule has 1 N–H and O–H groups in total. The first kappa shape index (κ1) is 13.1. The molecule has 0 aromatic rings. The van der Waals surface area contributed by atoms with Gasteiger partial charge in [-0.1, -0.05) is 26.0 Å². The summed E-state index contributed by atoms with van der Waals surface area (Å²) in [6, 6.07) is 1.49. The molecule has 17 heavy (non-hydrogen) atoms. The van der Waals surface area contributed by atoms with E-state index in [1.54, 1.807) is 0 Å². The first-order chi connectivity index (χ1) is 8.33. The van der Waals surface area contributed by atoms with Gasteiger partial charge in [-0.15, -0.1) is 0 Å². The Kier molecular flexibility index (Phi) is 5.05. The van der Waals surface area contributed by atoms with E-state index in [2.05, 4.69) is 36.2 Å². The normalized spacial score (nSPS) is 35.1. The standard InChI is InChI=1S/C15H28N2/c1-3-14-12-17(15(4-2)10-16-14)11-13-8-6-5-7-9-13/h5-6,13-16H,3-4,7-12H2,1-2H3. The van der Waals surface area contributed by atoms with Crippen molar-refractivity contribution in [1.82, 2.24) is 10.2 Å². The zero-order chi connectivity index (χ0) is 12.1. The van der Waals surface area contributed by atoms with Crippen LogP contribution in [0.2, 0.25) is 0 Å². The van der Waals surface area contributed by atoms with Gasteiger partial charge in [0.15, 0.2) is 0 Å². The van der Waals surface area contributed by atoms with Crippen LogP contribution in [-0.2, 0) is 0 Å². The van der Waals surface area contributed by atoms with Gasteiger partial charge in [-0.3, -0.25) is 4.90 Å². The number of hydrogen-bond acceptors (Lipinski definition) is 2. The summed E-state index contributed by atoms with van der Waals surface area (Å²) in [5.74, 6) is 0.907. The third kappa shape index (κ3) is 3.56. The van der Waals surface area contributed by atoms with E-state index < -0.39 is 0 Å². The molecule has 0 amide bonds. The zero-order valence-corrected chi connectivity index (χ0v) is 11.5. The van der Waals surface area contributed by atoms with Crippen LogP contribution in [0.3, 0.4) is 0 Å². The van der Waals surface area contributed by atoms with Crippen molar-refractivity contribution in [3.05, 3.63) is 12.2 Å². The molecule has 98 valence electrons. The molecule has 0 saturated carbocycles. The molecule has 0 bridgehead atoms. The highest BCUT2D eigenvalue weighted by Gasteiger charge is 2.27. The van der Waals surface area contributed by atoms with Crippen LogP contribution in [0.1, 0.15) is 46.0 Å². The molecule has 0 radical (unpaired) electrons. The Morgan fingerprint density at radius 3 is 2.76 bits per heavy atom. The number of allylic oxidation sites excluding steroid dienone is 2. The van der Waals surface area contributed by atoms with E-state index in [1.807, 2.05) is 0 Å². The maximum absolute atomic E-state index is 3.68. The van der Waals surface area contributed by atoms with E-state index in [4.69, 9.17) is 0 Å².